The van der Waals surface area contributed by atoms with Gasteiger partial charge in [-0.3, -0.25) is 5.10 Å². The molecule has 3 aromatic heterocycles. The van der Waals surface area contributed by atoms with Crippen LogP contribution in [0.2, 0.25) is 0 Å². The highest BCUT2D eigenvalue weighted by Gasteiger charge is 2.37. The molecule has 1 aliphatic rings. The van der Waals surface area contributed by atoms with Crippen LogP contribution in [0.15, 0.2) is 24.5 Å². The molecule has 0 unspecified atom stereocenters. The maximum absolute atomic E-state index is 13.2. The summed E-state index contributed by atoms with van der Waals surface area (Å²) in [4.78, 5) is 6.22. The van der Waals surface area contributed by atoms with Crippen LogP contribution in [-0.2, 0) is 10.9 Å². The third-order valence-corrected chi connectivity index (χ3v) is 4.28. The number of alkyl halides is 3. The highest BCUT2D eigenvalue weighted by atomic mass is 19.4. The topological polar surface area (TPSA) is 71.3 Å². The maximum Gasteiger partial charge on any atom is 0.435 e. The lowest BCUT2D eigenvalue weighted by atomic mass is 10.2. The van der Waals surface area contributed by atoms with E-state index in [4.69, 9.17) is 4.74 Å². The molecule has 0 aromatic carbocycles. The molecule has 3 aromatic rings. The summed E-state index contributed by atoms with van der Waals surface area (Å²) in [6, 6.07) is 3.56. The van der Waals surface area contributed by atoms with Gasteiger partial charge in [-0.05, 0) is 26.0 Å². The number of imidazole rings is 1. The Morgan fingerprint density at radius 1 is 1.19 bits per heavy atom. The monoisotopic (exact) mass is 366 g/mol. The molecule has 1 aliphatic heterocycles. The molecular formula is C16H17F3N6O. The molecule has 0 spiro atoms. The van der Waals surface area contributed by atoms with E-state index in [0.29, 0.717) is 24.6 Å². The molecule has 138 valence electrons. The van der Waals surface area contributed by atoms with Crippen LogP contribution in [-0.4, -0.2) is 50.1 Å². The molecule has 0 bridgehead atoms. The van der Waals surface area contributed by atoms with E-state index >= 15 is 0 Å². The predicted molar refractivity (Wildman–Crippen MR) is 87.8 cm³/mol. The Bertz CT molecular complexity index is 924. The Hall–Kier alpha value is -2.62. The number of ether oxygens (including phenoxy) is 1. The third-order valence-electron chi connectivity index (χ3n) is 4.28. The van der Waals surface area contributed by atoms with Gasteiger partial charge in [0.2, 0.25) is 0 Å². The van der Waals surface area contributed by atoms with Crippen LogP contribution in [0.3, 0.4) is 0 Å². The molecular weight excluding hydrogens is 349 g/mol. The first-order valence-electron chi connectivity index (χ1n) is 8.19. The average Bonchev–Trinajstić information content (AvgIpc) is 3.19. The zero-order chi connectivity index (χ0) is 18.5. The Morgan fingerprint density at radius 2 is 1.92 bits per heavy atom. The van der Waals surface area contributed by atoms with Crippen molar-refractivity contribution < 1.29 is 17.9 Å². The van der Waals surface area contributed by atoms with Crippen molar-refractivity contribution in [3.63, 3.8) is 0 Å². The number of morpholine rings is 1. The van der Waals surface area contributed by atoms with Crippen LogP contribution in [0, 0.1) is 0 Å². The molecule has 26 heavy (non-hydrogen) atoms. The summed E-state index contributed by atoms with van der Waals surface area (Å²) in [6.07, 6.45) is -1.89. The molecule has 1 N–H and O–H groups in total. The molecule has 1 fully saturated rings. The van der Waals surface area contributed by atoms with Gasteiger partial charge in [0, 0.05) is 19.3 Å². The Balaban J connectivity index is 1.78. The number of hydrogen-bond donors (Lipinski definition) is 1. The summed E-state index contributed by atoms with van der Waals surface area (Å²) in [6.45, 7) is 5.27. The third kappa shape index (κ3) is 2.90. The van der Waals surface area contributed by atoms with Crippen molar-refractivity contribution in [2.24, 2.45) is 0 Å². The number of anilines is 1. The molecule has 0 radical (unpaired) electrons. The molecule has 4 heterocycles. The smallest absolute Gasteiger partial charge is 0.372 e. The van der Waals surface area contributed by atoms with E-state index in [9.17, 15) is 13.2 Å². The zero-order valence-corrected chi connectivity index (χ0v) is 14.2. The number of aromatic amines is 1. The second-order valence-corrected chi connectivity index (χ2v) is 6.41. The summed E-state index contributed by atoms with van der Waals surface area (Å²) in [7, 11) is 0. The first-order chi connectivity index (χ1) is 12.3. The van der Waals surface area contributed by atoms with Crippen LogP contribution in [0.4, 0.5) is 19.0 Å². The van der Waals surface area contributed by atoms with E-state index in [1.54, 1.807) is 6.07 Å². The largest absolute Gasteiger partial charge is 0.435 e. The summed E-state index contributed by atoms with van der Waals surface area (Å²) < 4.78 is 46.7. The molecule has 1 saturated heterocycles. The minimum absolute atomic E-state index is 0.0456. The normalized spacial score (nSPS) is 21.5. The van der Waals surface area contributed by atoms with E-state index in [0.717, 1.165) is 0 Å². The van der Waals surface area contributed by atoms with Gasteiger partial charge < -0.3 is 9.64 Å². The lowest BCUT2D eigenvalue weighted by Gasteiger charge is -2.35. The first kappa shape index (κ1) is 16.8. The Morgan fingerprint density at radius 3 is 2.62 bits per heavy atom. The highest BCUT2D eigenvalue weighted by Crippen LogP contribution is 2.35. The van der Waals surface area contributed by atoms with Gasteiger partial charge in [0.25, 0.3) is 0 Å². The lowest BCUT2D eigenvalue weighted by molar-refractivity contribution is -0.140. The van der Waals surface area contributed by atoms with Gasteiger partial charge in [0.05, 0.1) is 29.7 Å². The molecule has 0 saturated carbocycles. The molecule has 0 amide bonds. The van der Waals surface area contributed by atoms with Crippen molar-refractivity contribution in [3.05, 3.63) is 30.2 Å². The molecule has 4 rings (SSSR count). The summed E-state index contributed by atoms with van der Waals surface area (Å²) in [5.74, 6) is 0.663. The summed E-state index contributed by atoms with van der Waals surface area (Å²) in [5.41, 5.74) is -0.372. The van der Waals surface area contributed by atoms with Crippen LogP contribution in [0.25, 0.3) is 16.9 Å². The van der Waals surface area contributed by atoms with Crippen molar-refractivity contribution in [1.29, 1.82) is 0 Å². The number of fused-ring (bicyclic) bond motifs is 1. The van der Waals surface area contributed by atoms with Crippen molar-refractivity contribution >= 4 is 11.5 Å². The van der Waals surface area contributed by atoms with Gasteiger partial charge in [0.15, 0.2) is 11.3 Å². The fourth-order valence-electron chi connectivity index (χ4n) is 3.28. The predicted octanol–water partition coefficient (Wildman–Crippen LogP) is 2.75. The van der Waals surface area contributed by atoms with Gasteiger partial charge in [-0.15, -0.1) is 5.10 Å². The number of nitrogens with one attached hydrogen (secondary N) is 1. The minimum atomic E-state index is -4.56. The van der Waals surface area contributed by atoms with Crippen molar-refractivity contribution in [1.82, 2.24) is 24.8 Å². The summed E-state index contributed by atoms with van der Waals surface area (Å²) >= 11 is 0. The molecule has 2 atom stereocenters. The van der Waals surface area contributed by atoms with Gasteiger partial charge in [0.1, 0.15) is 5.82 Å². The zero-order valence-electron chi connectivity index (χ0n) is 14.2. The Labute approximate surface area is 146 Å². The maximum atomic E-state index is 13.2. The van der Waals surface area contributed by atoms with Crippen LogP contribution >= 0.6 is 0 Å². The number of hydrogen-bond acceptors (Lipinski definition) is 5. The van der Waals surface area contributed by atoms with Gasteiger partial charge in [-0.1, -0.05) is 0 Å². The number of rotatable bonds is 2. The number of halogens is 3. The number of H-pyrrole nitrogens is 1. The lowest BCUT2D eigenvalue weighted by Crippen LogP contribution is -2.46. The van der Waals surface area contributed by atoms with E-state index in [1.807, 2.05) is 19.9 Å². The fraction of sp³-hybridized carbons (Fsp3) is 0.438. The van der Waals surface area contributed by atoms with E-state index in [1.165, 1.54) is 16.9 Å². The van der Waals surface area contributed by atoms with Crippen molar-refractivity contribution in [2.75, 3.05) is 18.0 Å². The Kier molecular flexibility index (Phi) is 3.87. The standard InChI is InChI=1S/C16H17F3N6O/c1-9-7-24(8-10(2)26-9)14-4-3-13-20-6-12(25(13)23-14)11-5-21-22-15(11)16(17,18)19/h3-6,9-10H,7-8H2,1-2H3,(H,21,22)/t9-,10+. The van der Waals surface area contributed by atoms with Crippen LogP contribution in [0.1, 0.15) is 19.5 Å². The number of nitrogens with zero attached hydrogens (tertiary/aromatic N) is 5. The molecule has 7 nitrogen and oxygen atoms in total. The van der Waals surface area contributed by atoms with Crippen molar-refractivity contribution in [2.45, 2.75) is 32.2 Å². The number of aromatic nitrogens is 5. The van der Waals surface area contributed by atoms with E-state index < -0.39 is 11.9 Å². The van der Waals surface area contributed by atoms with Gasteiger partial charge in [-0.2, -0.15) is 18.3 Å². The van der Waals surface area contributed by atoms with Crippen LogP contribution in [0.5, 0.6) is 0 Å². The van der Waals surface area contributed by atoms with Gasteiger partial charge in [-0.25, -0.2) is 9.50 Å². The second-order valence-electron chi connectivity index (χ2n) is 6.41. The first-order valence-corrected chi connectivity index (χ1v) is 8.19. The quantitative estimate of drug-likeness (QED) is 0.755. The second kappa shape index (κ2) is 5.97. The molecule has 0 aliphatic carbocycles. The van der Waals surface area contributed by atoms with E-state index in [-0.39, 0.29) is 23.5 Å². The highest BCUT2D eigenvalue weighted by molar-refractivity contribution is 5.65. The summed E-state index contributed by atoms with van der Waals surface area (Å²) in [5, 5.41) is 10.1. The fourth-order valence-corrected chi connectivity index (χ4v) is 3.28. The molecule has 10 heteroatoms. The average molecular weight is 366 g/mol. The minimum Gasteiger partial charge on any atom is -0.372 e. The van der Waals surface area contributed by atoms with Gasteiger partial charge >= 0.3 is 6.18 Å². The van der Waals surface area contributed by atoms with Crippen molar-refractivity contribution in [3.8, 4) is 11.3 Å². The SMILES string of the molecule is C[C@@H]1CN(c2ccc3ncc(-c4c[nH]nc4C(F)(F)F)n3n2)C[C@H](C)O1. The van der Waals surface area contributed by atoms with E-state index in [2.05, 4.69) is 25.2 Å². The van der Waals surface area contributed by atoms with Crippen LogP contribution < -0.4 is 4.90 Å².